The number of nitrogens with zero attached hydrogens (tertiary/aromatic N) is 6. The summed E-state index contributed by atoms with van der Waals surface area (Å²) in [7, 11) is 0. The fourth-order valence-corrected chi connectivity index (χ4v) is 7.61. The van der Waals surface area contributed by atoms with Crippen LogP contribution in [0.2, 0.25) is 5.02 Å². The number of halogens is 5. The maximum absolute atomic E-state index is 16.7. The Morgan fingerprint density at radius 1 is 0.608 bits per heavy atom. The molecule has 0 saturated carbocycles. The first-order chi connectivity index (χ1) is 24.9. The largest absolute Gasteiger partial charge is 0.373 e. The number of para-hydroxylation sites is 1. The van der Waals surface area contributed by atoms with E-state index in [4.69, 9.17) is 11.6 Å². The Labute approximate surface area is 291 Å². The van der Waals surface area contributed by atoms with Gasteiger partial charge in [-0.05, 0) is 53.6 Å². The zero-order valence-electron chi connectivity index (χ0n) is 26.0. The maximum atomic E-state index is 16.7. The third-order valence-electron chi connectivity index (χ3n) is 9.73. The van der Waals surface area contributed by atoms with E-state index < -0.39 is 40.9 Å². The summed E-state index contributed by atoms with van der Waals surface area (Å²) in [6.45, 7) is 0. The average molecular weight is 701 g/mol. The Morgan fingerprint density at radius 2 is 1.27 bits per heavy atom. The highest BCUT2D eigenvalue weighted by atomic mass is 35.5. The lowest BCUT2D eigenvalue weighted by Crippen LogP contribution is -2.17. The van der Waals surface area contributed by atoms with E-state index in [0.29, 0.717) is 61.6 Å². The van der Waals surface area contributed by atoms with E-state index in [-0.39, 0.29) is 16.1 Å². The van der Waals surface area contributed by atoms with Crippen LogP contribution in [-0.2, 0) is 0 Å². The number of benzene rings is 4. The minimum Gasteiger partial charge on any atom is -0.373 e. The first kappa shape index (κ1) is 29.6. The number of hydrogen-bond donors (Lipinski definition) is 2. The van der Waals surface area contributed by atoms with Crippen LogP contribution >= 0.6 is 11.6 Å². The Balaban J connectivity index is 1.17. The van der Waals surface area contributed by atoms with Gasteiger partial charge in [-0.2, -0.15) is 10.2 Å². The summed E-state index contributed by atoms with van der Waals surface area (Å²) < 4.78 is 67.9. The molecule has 4 aromatic heterocycles. The highest BCUT2D eigenvalue weighted by Gasteiger charge is 2.35. The molecule has 0 aliphatic carbocycles. The molecule has 8 aromatic rings. The van der Waals surface area contributed by atoms with Crippen LogP contribution in [0.25, 0.3) is 44.7 Å². The fourth-order valence-electron chi connectivity index (χ4n) is 7.49. The van der Waals surface area contributed by atoms with Crippen LogP contribution in [0.15, 0.2) is 104 Å². The van der Waals surface area contributed by atoms with Crippen LogP contribution in [0.4, 0.5) is 28.9 Å². The van der Waals surface area contributed by atoms with Crippen molar-refractivity contribution in [3.63, 3.8) is 0 Å². The number of rotatable bonds is 3. The quantitative estimate of drug-likeness (QED) is 0.141. The number of aromatic nitrogens is 6. The molecule has 6 heterocycles. The Kier molecular flexibility index (Phi) is 6.31. The summed E-state index contributed by atoms with van der Waals surface area (Å²) in [6, 6.07) is 19.6. The number of hydrogen-bond acceptors (Lipinski definition) is 6. The van der Waals surface area contributed by atoms with Crippen LogP contribution in [0.3, 0.4) is 0 Å². The molecular weight excluding hydrogens is 680 g/mol. The lowest BCUT2D eigenvalue weighted by Gasteiger charge is -2.23. The molecule has 0 fully saturated rings. The van der Waals surface area contributed by atoms with Crippen molar-refractivity contribution in [2.75, 3.05) is 10.6 Å². The van der Waals surface area contributed by atoms with Gasteiger partial charge in [0.25, 0.3) is 0 Å². The van der Waals surface area contributed by atoms with Gasteiger partial charge in [0.1, 0.15) is 35.7 Å². The van der Waals surface area contributed by atoms with Crippen molar-refractivity contribution in [2.45, 2.75) is 12.1 Å². The van der Waals surface area contributed by atoms with E-state index in [2.05, 4.69) is 30.8 Å². The third kappa shape index (κ3) is 4.26. The molecule has 8 nitrogen and oxygen atoms in total. The van der Waals surface area contributed by atoms with E-state index in [9.17, 15) is 4.39 Å². The molecule has 13 heteroatoms. The third-order valence-corrected chi connectivity index (χ3v) is 10.0. The molecule has 51 heavy (non-hydrogen) atoms. The molecule has 2 atom stereocenters. The van der Waals surface area contributed by atoms with Crippen molar-refractivity contribution in [1.29, 1.82) is 0 Å². The minimum atomic E-state index is -1.34. The summed E-state index contributed by atoms with van der Waals surface area (Å²) in [6.07, 6.45) is 6.17. The van der Waals surface area contributed by atoms with Crippen molar-refractivity contribution < 1.29 is 17.6 Å². The van der Waals surface area contributed by atoms with Gasteiger partial charge >= 0.3 is 0 Å². The summed E-state index contributed by atoms with van der Waals surface area (Å²) in [5, 5.41) is 15.3. The molecule has 0 bridgehead atoms. The molecule has 2 aliphatic rings. The van der Waals surface area contributed by atoms with Crippen LogP contribution < -0.4 is 10.6 Å². The van der Waals surface area contributed by atoms with Crippen molar-refractivity contribution in [1.82, 2.24) is 29.2 Å². The number of nitrogens with one attached hydrogen (secondary N) is 2. The van der Waals surface area contributed by atoms with Crippen molar-refractivity contribution in [2.24, 2.45) is 0 Å². The Morgan fingerprint density at radius 3 is 2.06 bits per heavy atom. The first-order valence-electron chi connectivity index (χ1n) is 15.9. The highest BCUT2D eigenvalue weighted by Crippen LogP contribution is 2.48. The van der Waals surface area contributed by atoms with E-state index in [0.717, 1.165) is 6.07 Å². The van der Waals surface area contributed by atoms with Gasteiger partial charge in [-0.15, -0.1) is 0 Å². The normalized spacial score (nSPS) is 15.9. The molecule has 10 rings (SSSR count). The van der Waals surface area contributed by atoms with Gasteiger partial charge in [-0.1, -0.05) is 48.0 Å². The van der Waals surface area contributed by atoms with Crippen molar-refractivity contribution in [3.8, 4) is 33.6 Å². The standard InChI is InChI=1S/C38H21ClF4N8/c39-24-9-8-18(14-25(24)40)33-21-10-12-51-38(21)36(45-17-47-51)29-19(5-3-7-28(29)49-33)23-15-26(41)30(32(43)31(23)42)34-22-11-13-50-37(22)35(44-16-46-50)20-4-1-2-6-27(20)48-34/h1-17,33-34,48-49H. The van der Waals surface area contributed by atoms with E-state index in [1.807, 2.05) is 18.2 Å². The SMILES string of the molecule is Fc1cc(C2Nc3cccc(-c4cc(F)c(C5Nc6ccccc6-c6ncnn7ccc5c67)c(F)c4F)c3-c3ncnn4ccc2c34)ccc1Cl. The zero-order valence-corrected chi connectivity index (χ0v) is 26.8. The Bertz CT molecular complexity index is 2760. The molecule has 2 N–H and O–H groups in total. The first-order valence-corrected chi connectivity index (χ1v) is 16.3. The number of fused-ring (bicyclic) bond motifs is 4. The molecule has 0 radical (unpaired) electrons. The summed E-state index contributed by atoms with van der Waals surface area (Å²) in [4.78, 5) is 9.08. The predicted octanol–water partition coefficient (Wildman–Crippen LogP) is 9.01. The second-order valence-electron chi connectivity index (χ2n) is 12.4. The van der Waals surface area contributed by atoms with Crippen LogP contribution in [0.5, 0.6) is 0 Å². The van der Waals surface area contributed by atoms with E-state index >= 15 is 13.2 Å². The molecule has 0 spiro atoms. The summed E-state index contributed by atoms with van der Waals surface area (Å²) in [5.41, 5.74) is 5.44. The number of anilines is 2. The van der Waals surface area contributed by atoms with Gasteiger partial charge < -0.3 is 10.6 Å². The molecule has 2 aliphatic heterocycles. The molecule has 4 aromatic carbocycles. The van der Waals surface area contributed by atoms with Crippen molar-refractivity contribution in [3.05, 3.63) is 154 Å². The molecule has 248 valence electrons. The van der Waals surface area contributed by atoms with Gasteiger partial charge in [0.15, 0.2) is 11.6 Å². The Hall–Kier alpha value is -6.27. The van der Waals surface area contributed by atoms with Crippen LogP contribution in [0, 0.1) is 23.3 Å². The average Bonchev–Trinajstić information content (AvgIpc) is 3.71. The van der Waals surface area contributed by atoms with Gasteiger partial charge in [-0.25, -0.2) is 36.6 Å². The van der Waals surface area contributed by atoms with Gasteiger partial charge in [-0.3, -0.25) is 0 Å². The smallest absolute Gasteiger partial charge is 0.168 e. The lowest BCUT2D eigenvalue weighted by atomic mass is 9.91. The molecule has 2 unspecified atom stereocenters. The zero-order chi connectivity index (χ0) is 34.5. The van der Waals surface area contributed by atoms with Crippen molar-refractivity contribution >= 4 is 34.0 Å². The lowest BCUT2D eigenvalue weighted by molar-refractivity contribution is 0.479. The molecule has 0 saturated heterocycles. The van der Waals surface area contributed by atoms with Gasteiger partial charge in [0.2, 0.25) is 0 Å². The van der Waals surface area contributed by atoms with Gasteiger partial charge in [0.05, 0.1) is 33.7 Å². The minimum absolute atomic E-state index is 0.0221. The predicted molar refractivity (Wildman–Crippen MR) is 184 cm³/mol. The summed E-state index contributed by atoms with van der Waals surface area (Å²) >= 11 is 6.00. The monoisotopic (exact) mass is 700 g/mol. The topological polar surface area (TPSA) is 84.4 Å². The van der Waals surface area contributed by atoms with E-state index in [1.54, 1.807) is 63.9 Å². The second kappa shape index (κ2) is 10.9. The van der Waals surface area contributed by atoms with Crippen LogP contribution in [-0.4, -0.2) is 29.2 Å². The fraction of sp³-hybridized carbons (Fsp3) is 0.0526. The molecule has 0 amide bonds. The van der Waals surface area contributed by atoms with Gasteiger partial charge in [0, 0.05) is 51.6 Å². The highest BCUT2D eigenvalue weighted by molar-refractivity contribution is 6.30. The molecular formula is C38H21ClF4N8. The second-order valence-corrected chi connectivity index (χ2v) is 12.8. The maximum Gasteiger partial charge on any atom is 0.168 e. The van der Waals surface area contributed by atoms with Crippen LogP contribution in [0.1, 0.15) is 34.3 Å². The summed E-state index contributed by atoms with van der Waals surface area (Å²) in [5.74, 6) is -4.13. The van der Waals surface area contributed by atoms with E-state index in [1.165, 1.54) is 24.8 Å².